The van der Waals surface area contributed by atoms with Crippen LogP contribution in [0.4, 0.5) is 0 Å². The number of likely N-dealkylation sites (tertiary alicyclic amines) is 1. The van der Waals surface area contributed by atoms with Gasteiger partial charge in [0.05, 0.1) is 0 Å². The molecule has 0 unspecified atom stereocenters. The van der Waals surface area contributed by atoms with Crippen LogP contribution in [0.15, 0.2) is 72.8 Å². The number of hydrogen-bond donors (Lipinski definition) is 0. The van der Waals surface area contributed by atoms with Crippen LogP contribution in [0.1, 0.15) is 82.3 Å². The summed E-state index contributed by atoms with van der Waals surface area (Å²) in [4.78, 5) is 2.71. The van der Waals surface area contributed by atoms with Gasteiger partial charge in [-0.3, -0.25) is 0 Å². The third-order valence-electron chi connectivity index (χ3n) is 8.50. The maximum atomic E-state index is 3.53. The van der Waals surface area contributed by atoms with Gasteiger partial charge in [0, 0.05) is 5.33 Å². The second-order valence-corrected chi connectivity index (χ2v) is 12.2. The largest absolute Gasteiger partial charge is 0.303 e. The second-order valence-electron chi connectivity index (χ2n) is 11.4. The van der Waals surface area contributed by atoms with Crippen LogP contribution in [0, 0.1) is 6.92 Å². The Labute approximate surface area is 234 Å². The highest BCUT2D eigenvalue weighted by molar-refractivity contribution is 9.09. The first kappa shape index (κ1) is 28.1. The van der Waals surface area contributed by atoms with Gasteiger partial charge in [-0.1, -0.05) is 140 Å². The van der Waals surface area contributed by atoms with Crippen molar-refractivity contribution in [1.29, 1.82) is 0 Å². The zero-order chi connectivity index (χ0) is 25.9. The Balaban J connectivity index is 1.21. The molecule has 3 aromatic rings. The van der Waals surface area contributed by atoms with Crippen LogP contribution < -0.4 is 0 Å². The fraction of sp³-hybridized carbons (Fsp3) is 0.486. The molecule has 37 heavy (non-hydrogen) atoms. The van der Waals surface area contributed by atoms with Gasteiger partial charge >= 0.3 is 0 Å². The highest BCUT2D eigenvalue weighted by Crippen LogP contribution is 2.36. The average Bonchev–Trinajstić information content (AvgIpc) is 2.94. The fourth-order valence-corrected chi connectivity index (χ4v) is 6.11. The van der Waals surface area contributed by atoms with E-state index in [9.17, 15) is 0 Å². The molecule has 1 fully saturated rings. The summed E-state index contributed by atoms with van der Waals surface area (Å²) in [5.74, 6) is 0. The SMILES string of the molecule is Cc1ccc(-c2ccc(-c3ccc(C4(C)CCN(CCCCCCCCCCBr)CC4)cc3)cc2)cc1. The molecule has 0 bridgehead atoms. The lowest BCUT2D eigenvalue weighted by molar-refractivity contribution is 0.166. The lowest BCUT2D eigenvalue weighted by Crippen LogP contribution is -2.41. The number of hydrogen-bond acceptors (Lipinski definition) is 1. The maximum Gasteiger partial charge on any atom is 0.00313 e. The fourth-order valence-electron chi connectivity index (χ4n) is 5.72. The number of unbranched alkanes of at least 4 members (excludes halogenated alkanes) is 7. The summed E-state index contributed by atoms with van der Waals surface area (Å²) in [6.07, 6.45) is 13.7. The molecule has 1 saturated heterocycles. The molecule has 0 amide bonds. The van der Waals surface area contributed by atoms with Gasteiger partial charge in [0.1, 0.15) is 0 Å². The minimum Gasteiger partial charge on any atom is -0.303 e. The number of rotatable bonds is 13. The minimum atomic E-state index is 0.305. The van der Waals surface area contributed by atoms with E-state index in [4.69, 9.17) is 0 Å². The molecule has 1 aliphatic rings. The number of piperidine rings is 1. The first-order valence-electron chi connectivity index (χ1n) is 14.6. The second kappa shape index (κ2) is 14.3. The van der Waals surface area contributed by atoms with E-state index in [1.807, 2.05) is 0 Å². The molecule has 1 aliphatic heterocycles. The molecule has 1 nitrogen and oxygen atoms in total. The smallest absolute Gasteiger partial charge is 0.00313 e. The molecule has 1 heterocycles. The van der Waals surface area contributed by atoms with E-state index in [1.165, 1.54) is 117 Å². The molecule has 2 heteroatoms. The van der Waals surface area contributed by atoms with Crippen LogP contribution in [0.5, 0.6) is 0 Å². The van der Waals surface area contributed by atoms with Crippen molar-refractivity contribution in [3.63, 3.8) is 0 Å². The number of halogens is 1. The van der Waals surface area contributed by atoms with Gasteiger partial charge in [-0.25, -0.2) is 0 Å². The summed E-state index contributed by atoms with van der Waals surface area (Å²) in [5.41, 5.74) is 8.28. The molecule has 0 spiro atoms. The van der Waals surface area contributed by atoms with Crippen molar-refractivity contribution in [2.75, 3.05) is 25.0 Å². The van der Waals surface area contributed by atoms with Gasteiger partial charge in [-0.15, -0.1) is 0 Å². The van der Waals surface area contributed by atoms with Crippen LogP contribution >= 0.6 is 15.9 Å². The maximum absolute atomic E-state index is 3.53. The first-order chi connectivity index (χ1) is 18.1. The molecule has 0 N–H and O–H groups in total. The van der Waals surface area contributed by atoms with Crippen molar-refractivity contribution in [2.24, 2.45) is 0 Å². The van der Waals surface area contributed by atoms with Crippen LogP contribution in [-0.2, 0) is 5.41 Å². The van der Waals surface area contributed by atoms with Crippen LogP contribution in [-0.4, -0.2) is 29.9 Å². The Kier molecular flexibility index (Phi) is 10.9. The third-order valence-corrected chi connectivity index (χ3v) is 9.06. The normalized spacial score (nSPS) is 15.6. The van der Waals surface area contributed by atoms with Crippen molar-refractivity contribution in [3.05, 3.63) is 83.9 Å². The van der Waals surface area contributed by atoms with Crippen LogP contribution in [0.25, 0.3) is 22.3 Å². The summed E-state index contributed by atoms with van der Waals surface area (Å²) in [6, 6.07) is 27.2. The summed E-state index contributed by atoms with van der Waals surface area (Å²) >= 11 is 3.53. The molecule has 0 aliphatic carbocycles. The quantitative estimate of drug-likeness (QED) is 0.148. The topological polar surface area (TPSA) is 3.24 Å². The Bertz CT molecular complexity index is 1040. The van der Waals surface area contributed by atoms with E-state index in [-0.39, 0.29) is 0 Å². The Morgan fingerprint density at radius 3 is 1.49 bits per heavy atom. The number of nitrogens with zero attached hydrogens (tertiary/aromatic N) is 1. The molecule has 3 aromatic carbocycles. The molecule has 0 aromatic heterocycles. The summed E-state index contributed by atoms with van der Waals surface area (Å²) < 4.78 is 0. The van der Waals surface area contributed by atoms with Crippen molar-refractivity contribution < 1.29 is 0 Å². The summed E-state index contributed by atoms with van der Waals surface area (Å²) in [5, 5.41) is 1.16. The number of aryl methyl sites for hydroxylation is 1. The first-order valence-corrected chi connectivity index (χ1v) is 15.8. The lowest BCUT2D eigenvalue weighted by atomic mass is 9.74. The Morgan fingerprint density at radius 2 is 1.00 bits per heavy atom. The third kappa shape index (κ3) is 8.29. The van der Waals surface area contributed by atoms with E-state index in [0.717, 1.165) is 5.33 Å². The molecule has 0 radical (unpaired) electrons. The number of benzene rings is 3. The van der Waals surface area contributed by atoms with Gasteiger partial charge in [-0.05, 0) is 85.5 Å². The number of alkyl halides is 1. The standard InChI is InChI=1S/C35H46BrN/c1-29-11-13-30(14-12-29)31-15-17-32(18-16-31)33-19-21-34(22-20-33)35(2)23-27-37(28-24-35)26-10-8-6-4-3-5-7-9-25-36/h11-22H,3-10,23-28H2,1-2H3. The molecule has 0 saturated carbocycles. The van der Waals surface area contributed by atoms with Crippen molar-refractivity contribution >= 4 is 15.9 Å². The predicted octanol–water partition coefficient (Wildman–Crippen LogP) is 10.2. The predicted molar refractivity (Wildman–Crippen MR) is 166 cm³/mol. The highest BCUT2D eigenvalue weighted by Gasteiger charge is 2.31. The van der Waals surface area contributed by atoms with Gasteiger partial charge in [0.25, 0.3) is 0 Å². The summed E-state index contributed by atoms with van der Waals surface area (Å²) in [7, 11) is 0. The van der Waals surface area contributed by atoms with Crippen molar-refractivity contribution in [3.8, 4) is 22.3 Å². The molecule has 198 valence electrons. The van der Waals surface area contributed by atoms with Gasteiger partial charge in [0.2, 0.25) is 0 Å². The average molecular weight is 561 g/mol. The highest BCUT2D eigenvalue weighted by atomic mass is 79.9. The Morgan fingerprint density at radius 1 is 0.595 bits per heavy atom. The lowest BCUT2D eigenvalue weighted by Gasteiger charge is -2.40. The van der Waals surface area contributed by atoms with Crippen LogP contribution in [0.3, 0.4) is 0 Å². The minimum absolute atomic E-state index is 0.305. The van der Waals surface area contributed by atoms with E-state index in [0.29, 0.717) is 5.41 Å². The van der Waals surface area contributed by atoms with Gasteiger partial charge < -0.3 is 4.90 Å². The molecule has 0 atom stereocenters. The monoisotopic (exact) mass is 559 g/mol. The molecule has 4 rings (SSSR count). The van der Waals surface area contributed by atoms with Crippen molar-refractivity contribution in [2.45, 2.75) is 83.5 Å². The molecular formula is C35H46BrN. The van der Waals surface area contributed by atoms with Gasteiger partial charge in [-0.2, -0.15) is 0 Å². The van der Waals surface area contributed by atoms with E-state index >= 15 is 0 Å². The van der Waals surface area contributed by atoms with Crippen LogP contribution in [0.2, 0.25) is 0 Å². The summed E-state index contributed by atoms with van der Waals surface area (Å²) in [6.45, 7) is 8.39. The zero-order valence-corrected chi connectivity index (χ0v) is 24.7. The zero-order valence-electron chi connectivity index (χ0n) is 23.2. The van der Waals surface area contributed by atoms with Crippen molar-refractivity contribution in [1.82, 2.24) is 4.90 Å². The van der Waals surface area contributed by atoms with E-state index < -0.39 is 0 Å². The van der Waals surface area contributed by atoms with E-state index in [2.05, 4.69) is 107 Å². The van der Waals surface area contributed by atoms with Gasteiger partial charge in [0.15, 0.2) is 0 Å². The molecular weight excluding hydrogens is 514 g/mol. The Hall–Kier alpha value is -1.90. The van der Waals surface area contributed by atoms with E-state index in [1.54, 1.807) is 0 Å².